The lowest BCUT2D eigenvalue weighted by Crippen LogP contribution is -2.30. The molecule has 0 aliphatic rings. The van der Waals surface area contributed by atoms with Crippen LogP contribution in [0.3, 0.4) is 0 Å². The number of phosphoric ester groups is 2. The maximum Gasteiger partial charge on any atom is 0.472 e. The summed E-state index contributed by atoms with van der Waals surface area (Å²) in [7, 11) is -9.91. The average molecular weight is 1400 g/mol. The predicted octanol–water partition coefficient (Wildman–Crippen LogP) is 22.0. The van der Waals surface area contributed by atoms with Gasteiger partial charge in [0, 0.05) is 25.7 Å². The first kappa shape index (κ1) is 93.1. The van der Waals surface area contributed by atoms with E-state index < -0.39 is 97.5 Å². The van der Waals surface area contributed by atoms with E-state index in [-0.39, 0.29) is 25.7 Å². The highest BCUT2D eigenvalue weighted by Gasteiger charge is 2.30. The van der Waals surface area contributed by atoms with Gasteiger partial charge in [0.2, 0.25) is 0 Å². The highest BCUT2D eigenvalue weighted by molar-refractivity contribution is 7.47. The highest BCUT2D eigenvalue weighted by atomic mass is 31.2. The SMILES string of the molecule is CCC(C)CCCCCCCCCCCCCCCCC(=O)OC[C@H](COP(=O)(O)OCC(O)COP(=O)(O)OC[C@@H](COC(=O)CCCCCCCCCCC(C)C)OC(=O)CCCCCCCCC(C)C)OC(=O)CCCCCCCCCCCCCCCCC(C)C. The molecule has 17 nitrogen and oxygen atoms in total. The van der Waals surface area contributed by atoms with Crippen molar-refractivity contribution >= 4 is 39.5 Å². The van der Waals surface area contributed by atoms with E-state index in [0.717, 1.165) is 108 Å². The smallest absolute Gasteiger partial charge is 0.462 e. The molecule has 0 aromatic rings. The van der Waals surface area contributed by atoms with Crippen molar-refractivity contribution in [2.45, 2.75) is 401 Å². The van der Waals surface area contributed by atoms with Crippen LogP contribution in [0.2, 0.25) is 0 Å². The van der Waals surface area contributed by atoms with E-state index in [1.54, 1.807) is 0 Å². The minimum absolute atomic E-state index is 0.101. The first-order valence-corrected chi connectivity index (χ1v) is 42.2. The zero-order chi connectivity index (χ0) is 70.3. The second-order valence-electron chi connectivity index (χ2n) is 29.1. The number of hydrogen-bond donors (Lipinski definition) is 3. The number of carbonyl (C=O) groups is 4. The van der Waals surface area contributed by atoms with Crippen molar-refractivity contribution in [3.05, 3.63) is 0 Å². The van der Waals surface area contributed by atoms with Gasteiger partial charge in [0.15, 0.2) is 12.2 Å². The van der Waals surface area contributed by atoms with Gasteiger partial charge >= 0.3 is 39.5 Å². The minimum atomic E-state index is -4.96. The number of phosphoric acid groups is 2. The molecule has 0 rings (SSSR count). The molecule has 19 heteroatoms. The van der Waals surface area contributed by atoms with Crippen LogP contribution < -0.4 is 0 Å². The van der Waals surface area contributed by atoms with E-state index in [9.17, 15) is 43.2 Å². The molecule has 0 spiro atoms. The normalized spacial score (nSPS) is 14.4. The quantitative estimate of drug-likeness (QED) is 0.0222. The fraction of sp³-hybridized carbons (Fsp3) is 0.947. The molecule has 0 bridgehead atoms. The second kappa shape index (κ2) is 65.4. The van der Waals surface area contributed by atoms with Crippen LogP contribution in [0.15, 0.2) is 0 Å². The molecular formula is C76H148O17P2. The number of hydrogen-bond acceptors (Lipinski definition) is 15. The molecule has 0 saturated carbocycles. The van der Waals surface area contributed by atoms with Gasteiger partial charge in [-0.3, -0.25) is 37.3 Å². The summed E-state index contributed by atoms with van der Waals surface area (Å²) in [6, 6.07) is 0. The van der Waals surface area contributed by atoms with Crippen LogP contribution in [0.25, 0.3) is 0 Å². The topological polar surface area (TPSA) is 237 Å². The maximum atomic E-state index is 13.1. The zero-order valence-corrected chi connectivity index (χ0v) is 64.1. The van der Waals surface area contributed by atoms with Crippen molar-refractivity contribution in [1.82, 2.24) is 0 Å². The standard InChI is InChI=1S/C76H148O17P2/c1-9-69(8)55-47-39-30-23-19-15-11-13-16-20-24-31-40-48-56-73(78)86-62-71(92-75(80)58-50-42-33-25-21-17-12-10-14-18-22-28-36-44-52-66(2)3)64-90-94(82,83)88-60-70(77)61-89-95(84,85)91-65-72(93-76(81)59-51-43-35-34-38-46-54-68(6)7)63-87-74(79)57-49-41-32-27-26-29-37-45-53-67(4)5/h66-72,77H,9-65H2,1-8H3,(H,82,83)(H,84,85)/t69?,70?,71-,72-/m1/s1. The maximum absolute atomic E-state index is 13.1. The summed E-state index contributed by atoms with van der Waals surface area (Å²) in [5.41, 5.74) is 0. The molecule has 0 aromatic carbocycles. The molecule has 0 amide bonds. The van der Waals surface area contributed by atoms with Gasteiger partial charge in [0.05, 0.1) is 26.4 Å². The molecule has 0 aromatic heterocycles. The zero-order valence-electron chi connectivity index (χ0n) is 62.3. The molecule has 6 atom stereocenters. The molecule has 0 radical (unpaired) electrons. The van der Waals surface area contributed by atoms with Crippen molar-refractivity contribution in [1.29, 1.82) is 0 Å². The Balaban J connectivity index is 5.22. The van der Waals surface area contributed by atoms with E-state index in [4.69, 9.17) is 37.0 Å². The molecule has 0 heterocycles. The van der Waals surface area contributed by atoms with Crippen molar-refractivity contribution in [3.63, 3.8) is 0 Å². The number of esters is 4. The van der Waals surface area contributed by atoms with Crippen LogP contribution in [0.5, 0.6) is 0 Å². The Bertz CT molecular complexity index is 1870. The summed E-state index contributed by atoms with van der Waals surface area (Å²) in [6.45, 7) is 14.1. The summed E-state index contributed by atoms with van der Waals surface area (Å²) in [5.74, 6) is 0.915. The van der Waals surface area contributed by atoms with E-state index in [2.05, 4.69) is 55.4 Å². The van der Waals surface area contributed by atoms with Gasteiger partial charge in [-0.2, -0.15) is 0 Å². The third-order valence-corrected chi connectivity index (χ3v) is 19.8. The van der Waals surface area contributed by atoms with Gasteiger partial charge in [-0.1, -0.05) is 331 Å². The lowest BCUT2D eigenvalue weighted by atomic mass is 9.99. The largest absolute Gasteiger partial charge is 0.472 e. The van der Waals surface area contributed by atoms with Gasteiger partial charge in [-0.05, 0) is 49.4 Å². The van der Waals surface area contributed by atoms with Gasteiger partial charge in [-0.15, -0.1) is 0 Å². The molecule has 95 heavy (non-hydrogen) atoms. The van der Waals surface area contributed by atoms with Crippen molar-refractivity contribution in [3.8, 4) is 0 Å². The van der Waals surface area contributed by atoms with Crippen LogP contribution in [0.4, 0.5) is 0 Å². The number of aliphatic hydroxyl groups excluding tert-OH is 1. The number of carbonyl (C=O) groups excluding carboxylic acids is 4. The first-order chi connectivity index (χ1) is 45.6. The number of ether oxygens (including phenoxy) is 4. The highest BCUT2D eigenvalue weighted by Crippen LogP contribution is 2.45. The van der Waals surface area contributed by atoms with Gasteiger partial charge in [0.25, 0.3) is 0 Å². The van der Waals surface area contributed by atoms with E-state index >= 15 is 0 Å². The number of rotatable bonds is 73. The summed E-state index contributed by atoms with van der Waals surface area (Å²) in [6.07, 6.45) is 50.2. The molecule has 0 aliphatic heterocycles. The fourth-order valence-electron chi connectivity index (χ4n) is 11.5. The predicted molar refractivity (Wildman–Crippen MR) is 386 cm³/mol. The lowest BCUT2D eigenvalue weighted by Gasteiger charge is -2.21. The van der Waals surface area contributed by atoms with Gasteiger partial charge in [-0.25, -0.2) is 9.13 Å². The lowest BCUT2D eigenvalue weighted by molar-refractivity contribution is -0.161. The molecular weight excluding hydrogens is 1250 g/mol. The Labute approximate surface area is 581 Å². The van der Waals surface area contributed by atoms with Crippen molar-refractivity contribution in [2.75, 3.05) is 39.6 Å². The summed E-state index contributed by atoms with van der Waals surface area (Å²) in [5, 5.41) is 10.6. The van der Waals surface area contributed by atoms with E-state index in [0.29, 0.717) is 31.6 Å². The van der Waals surface area contributed by atoms with E-state index in [1.165, 1.54) is 186 Å². The molecule has 564 valence electrons. The third kappa shape index (κ3) is 69.0. The molecule has 0 saturated heterocycles. The van der Waals surface area contributed by atoms with Crippen LogP contribution >= 0.6 is 15.6 Å². The minimum Gasteiger partial charge on any atom is -0.462 e. The van der Waals surface area contributed by atoms with Crippen molar-refractivity contribution < 1.29 is 80.2 Å². The van der Waals surface area contributed by atoms with Gasteiger partial charge in [0.1, 0.15) is 19.3 Å². The Morgan fingerprint density at radius 2 is 0.505 bits per heavy atom. The molecule has 0 aliphatic carbocycles. The Kier molecular flexibility index (Phi) is 64.0. The molecule has 4 unspecified atom stereocenters. The monoisotopic (exact) mass is 1400 g/mol. The Morgan fingerprint density at radius 1 is 0.295 bits per heavy atom. The van der Waals surface area contributed by atoms with Gasteiger partial charge < -0.3 is 33.8 Å². The third-order valence-electron chi connectivity index (χ3n) is 17.9. The van der Waals surface area contributed by atoms with Crippen LogP contribution in [-0.2, 0) is 65.4 Å². The van der Waals surface area contributed by atoms with Crippen molar-refractivity contribution in [2.24, 2.45) is 23.7 Å². The fourth-order valence-corrected chi connectivity index (χ4v) is 13.1. The molecule has 0 fully saturated rings. The second-order valence-corrected chi connectivity index (χ2v) is 32.0. The molecule has 3 N–H and O–H groups in total. The summed E-state index contributed by atoms with van der Waals surface area (Å²) >= 11 is 0. The van der Waals surface area contributed by atoms with E-state index in [1.807, 2.05) is 0 Å². The number of aliphatic hydroxyl groups is 1. The average Bonchev–Trinajstić information content (AvgIpc) is 1.32. The summed E-state index contributed by atoms with van der Waals surface area (Å²) < 4.78 is 68.5. The van der Waals surface area contributed by atoms with Crippen LogP contribution in [0.1, 0.15) is 383 Å². The summed E-state index contributed by atoms with van der Waals surface area (Å²) in [4.78, 5) is 72.7. The Hall–Kier alpha value is -1.94. The van der Waals surface area contributed by atoms with Crippen LogP contribution in [0, 0.1) is 23.7 Å². The first-order valence-electron chi connectivity index (χ1n) is 39.2. The Morgan fingerprint density at radius 3 is 0.747 bits per heavy atom. The van der Waals surface area contributed by atoms with Crippen LogP contribution in [-0.4, -0.2) is 96.7 Å². The number of unbranched alkanes of at least 4 members (excludes halogenated alkanes) is 38.